The van der Waals surface area contributed by atoms with Crippen molar-refractivity contribution in [3.63, 3.8) is 0 Å². The predicted molar refractivity (Wildman–Crippen MR) is 72.5 cm³/mol. The van der Waals surface area contributed by atoms with Gasteiger partial charge in [0.25, 0.3) is 0 Å². The van der Waals surface area contributed by atoms with Crippen LogP contribution in [0.1, 0.15) is 38.9 Å². The number of hydrogen-bond acceptors (Lipinski definition) is 3. The first kappa shape index (κ1) is 14.4. The van der Waals surface area contributed by atoms with E-state index in [1.165, 1.54) is 0 Å². The molecular formula is C12H23N3OS. The van der Waals surface area contributed by atoms with E-state index in [1.807, 2.05) is 16.9 Å². The van der Waals surface area contributed by atoms with E-state index in [0.717, 1.165) is 24.4 Å². The number of rotatable bonds is 7. The molecule has 1 heterocycles. The Balaban J connectivity index is 2.31. The van der Waals surface area contributed by atoms with Crippen molar-refractivity contribution in [3.05, 3.63) is 18.0 Å². The fourth-order valence-electron chi connectivity index (χ4n) is 1.48. The predicted octanol–water partition coefficient (Wildman–Crippen LogP) is 1.71. The molecule has 98 valence electrons. The molecule has 0 radical (unpaired) electrons. The van der Waals surface area contributed by atoms with Crippen molar-refractivity contribution >= 4 is 10.8 Å². The Labute approximate surface area is 106 Å². The molecule has 0 spiro atoms. The summed E-state index contributed by atoms with van der Waals surface area (Å²) in [6.45, 7) is 7.12. The zero-order valence-corrected chi connectivity index (χ0v) is 12.0. The molecular weight excluding hydrogens is 234 g/mol. The van der Waals surface area contributed by atoms with Gasteiger partial charge in [0.1, 0.15) is 0 Å². The van der Waals surface area contributed by atoms with Crippen LogP contribution in [0.3, 0.4) is 0 Å². The standard InChI is InChI=1S/C12H23N3OS/c1-10(2)15-7-5-12(14-15)9-13-11(3)6-8-17(4)16/h5,7,10-11,13H,6,8-9H2,1-4H3. The maximum absolute atomic E-state index is 11.0. The first-order valence-corrected chi connectivity index (χ1v) is 7.79. The molecule has 1 aromatic heterocycles. The van der Waals surface area contributed by atoms with Gasteiger partial charge in [-0.2, -0.15) is 5.10 Å². The molecule has 17 heavy (non-hydrogen) atoms. The van der Waals surface area contributed by atoms with Crippen LogP contribution in [0.25, 0.3) is 0 Å². The van der Waals surface area contributed by atoms with E-state index < -0.39 is 10.8 Å². The average Bonchev–Trinajstić information content (AvgIpc) is 2.72. The Bertz CT molecular complexity index is 362. The molecule has 0 bridgehead atoms. The summed E-state index contributed by atoms with van der Waals surface area (Å²) >= 11 is 0. The van der Waals surface area contributed by atoms with Gasteiger partial charge >= 0.3 is 0 Å². The van der Waals surface area contributed by atoms with Gasteiger partial charge in [-0.3, -0.25) is 8.89 Å². The second-order valence-corrected chi connectivity index (χ2v) is 6.28. The van der Waals surface area contributed by atoms with Gasteiger partial charge in [-0.15, -0.1) is 0 Å². The summed E-state index contributed by atoms with van der Waals surface area (Å²) in [4.78, 5) is 0. The largest absolute Gasteiger partial charge is 0.309 e. The lowest BCUT2D eigenvalue weighted by atomic mass is 10.2. The van der Waals surface area contributed by atoms with Gasteiger partial charge in [-0.1, -0.05) is 0 Å². The molecule has 0 aromatic carbocycles. The molecule has 5 heteroatoms. The van der Waals surface area contributed by atoms with Crippen molar-refractivity contribution in [2.45, 2.75) is 45.8 Å². The highest BCUT2D eigenvalue weighted by molar-refractivity contribution is 7.84. The average molecular weight is 257 g/mol. The van der Waals surface area contributed by atoms with Crippen LogP contribution in [0.15, 0.2) is 12.3 Å². The zero-order chi connectivity index (χ0) is 12.8. The molecule has 0 aliphatic carbocycles. The smallest absolute Gasteiger partial charge is 0.0762 e. The highest BCUT2D eigenvalue weighted by atomic mass is 32.2. The molecule has 0 saturated carbocycles. The second-order valence-electron chi connectivity index (χ2n) is 4.73. The zero-order valence-electron chi connectivity index (χ0n) is 11.1. The van der Waals surface area contributed by atoms with Gasteiger partial charge in [0, 0.05) is 47.6 Å². The van der Waals surface area contributed by atoms with Crippen molar-refractivity contribution in [1.29, 1.82) is 0 Å². The van der Waals surface area contributed by atoms with E-state index in [1.54, 1.807) is 6.26 Å². The normalized spacial score (nSPS) is 15.1. The van der Waals surface area contributed by atoms with Gasteiger partial charge in [0.2, 0.25) is 0 Å². The lowest BCUT2D eigenvalue weighted by molar-refractivity contribution is 0.502. The highest BCUT2D eigenvalue weighted by Crippen LogP contribution is 2.04. The Morgan fingerprint density at radius 1 is 1.47 bits per heavy atom. The third-order valence-corrected chi connectivity index (χ3v) is 3.47. The minimum absolute atomic E-state index is 0.378. The molecule has 0 fully saturated rings. The van der Waals surface area contributed by atoms with Crippen molar-refractivity contribution < 1.29 is 4.21 Å². The molecule has 1 aromatic rings. The number of nitrogens with zero attached hydrogens (tertiary/aromatic N) is 2. The maximum atomic E-state index is 11.0. The quantitative estimate of drug-likeness (QED) is 0.809. The SMILES string of the molecule is CC(CCS(C)=O)NCc1ccn(C(C)C)n1. The van der Waals surface area contributed by atoms with Crippen molar-refractivity contribution in [2.75, 3.05) is 12.0 Å². The van der Waals surface area contributed by atoms with Crippen LogP contribution < -0.4 is 5.32 Å². The third kappa shape index (κ3) is 5.46. The van der Waals surface area contributed by atoms with Gasteiger partial charge in [0.15, 0.2) is 0 Å². The Morgan fingerprint density at radius 3 is 2.71 bits per heavy atom. The summed E-state index contributed by atoms with van der Waals surface area (Å²) in [5.74, 6) is 0.759. The first-order chi connectivity index (χ1) is 7.99. The van der Waals surface area contributed by atoms with E-state index in [-0.39, 0.29) is 0 Å². The van der Waals surface area contributed by atoms with Crippen LogP contribution in [0.4, 0.5) is 0 Å². The molecule has 0 amide bonds. The number of hydrogen-bond donors (Lipinski definition) is 1. The van der Waals surface area contributed by atoms with Crippen LogP contribution in [0.2, 0.25) is 0 Å². The minimum Gasteiger partial charge on any atom is -0.309 e. The lowest BCUT2D eigenvalue weighted by Crippen LogP contribution is -2.27. The molecule has 0 saturated heterocycles. The van der Waals surface area contributed by atoms with Crippen LogP contribution in [0.5, 0.6) is 0 Å². The summed E-state index contributed by atoms with van der Waals surface area (Å²) in [6.07, 6.45) is 4.69. The minimum atomic E-state index is -0.696. The van der Waals surface area contributed by atoms with E-state index in [4.69, 9.17) is 0 Å². The molecule has 0 aliphatic heterocycles. The second kappa shape index (κ2) is 6.91. The topological polar surface area (TPSA) is 46.9 Å². The van der Waals surface area contributed by atoms with Crippen molar-refractivity contribution in [2.24, 2.45) is 0 Å². The molecule has 4 nitrogen and oxygen atoms in total. The summed E-state index contributed by atoms with van der Waals surface area (Å²) in [5, 5.41) is 7.87. The van der Waals surface area contributed by atoms with E-state index in [2.05, 4.69) is 31.2 Å². The summed E-state index contributed by atoms with van der Waals surface area (Å²) in [6, 6.07) is 2.82. The van der Waals surface area contributed by atoms with Crippen LogP contribution in [-0.2, 0) is 17.3 Å². The third-order valence-electron chi connectivity index (χ3n) is 2.66. The summed E-state index contributed by atoms with van der Waals surface area (Å²) in [7, 11) is -0.696. The van der Waals surface area contributed by atoms with Crippen LogP contribution in [0, 0.1) is 0 Å². The molecule has 0 aliphatic rings. The first-order valence-electron chi connectivity index (χ1n) is 6.06. The number of aromatic nitrogens is 2. The molecule has 2 unspecified atom stereocenters. The Hall–Kier alpha value is -0.680. The van der Waals surface area contributed by atoms with Gasteiger partial charge in [-0.05, 0) is 33.3 Å². The van der Waals surface area contributed by atoms with Crippen molar-refractivity contribution in [3.8, 4) is 0 Å². The fraction of sp³-hybridized carbons (Fsp3) is 0.750. The van der Waals surface area contributed by atoms with Gasteiger partial charge < -0.3 is 5.32 Å². The fourth-order valence-corrected chi connectivity index (χ4v) is 2.17. The van der Waals surface area contributed by atoms with E-state index >= 15 is 0 Å². The van der Waals surface area contributed by atoms with Crippen LogP contribution in [-0.4, -0.2) is 32.0 Å². The van der Waals surface area contributed by atoms with Gasteiger partial charge in [0.05, 0.1) is 5.69 Å². The summed E-state index contributed by atoms with van der Waals surface area (Å²) in [5.41, 5.74) is 1.06. The van der Waals surface area contributed by atoms with E-state index in [9.17, 15) is 4.21 Å². The van der Waals surface area contributed by atoms with Crippen LogP contribution >= 0.6 is 0 Å². The Morgan fingerprint density at radius 2 is 2.18 bits per heavy atom. The Kier molecular flexibility index (Phi) is 5.85. The molecule has 1 N–H and O–H groups in total. The lowest BCUT2D eigenvalue weighted by Gasteiger charge is -2.11. The molecule has 2 atom stereocenters. The summed E-state index contributed by atoms with van der Waals surface area (Å²) < 4.78 is 12.9. The highest BCUT2D eigenvalue weighted by Gasteiger charge is 2.05. The monoisotopic (exact) mass is 257 g/mol. The molecule has 1 rings (SSSR count). The van der Waals surface area contributed by atoms with Crippen molar-refractivity contribution in [1.82, 2.24) is 15.1 Å². The van der Waals surface area contributed by atoms with E-state index in [0.29, 0.717) is 12.1 Å². The number of nitrogens with one attached hydrogen (secondary N) is 1. The van der Waals surface area contributed by atoms with Gasteiger partial charge in [-0.25, -0.2) is 0 Å². The maximum Gasteiger partial charge on any atom is 0.0762 e.